The molecular weight excluding hydrogens is 475 g/mol. The van der Waals surface area contributed by atoms with Crippen LogP contribution in [-0.2, 0) is 19.6 Å². The van der Waals surface area contributed by atoms with Crippen molar-refractivity contribution in [2.75, 3.05) is 20.1 Å². The summed E-state index contributed by atoms with van der Waals surface area (Å²) in [6, 6.07) is 11.2. The maximum atomic E-state index is 4.48. The number of halogens is 1. The number of rotatable bonds is 7. The van der Waals surface area contributed by atoms with Crippen LogP contribution in [0.2, 0.25) is 0 Å². The first kappa shape index (κ1) is 23.7. The van der Waals surface area contributed by atoms with Gasteiger partial charge in [-0.05, 0) is 24.3 Å². The van der Waals surface area contributed by atoms with Gasteiger partial charge in [0.05, 0.1) is 6.54 Å². The van der Waals surface area contributed by atoms with Crippen molar-refractivity contribution in [3.05, 3.63) is 54.1 Å². The third-order valence-corrected chi connectivity index (χ3v) is 5.18. The maximum absolute atomic E-state index is 4.48. The van der Waals surface area contributed by atoms with Crippen LogP contribution in [0.4, 0.5) is 0 Å². The first-order valence-corrected chi connectivity index (χ1v) is 10.4. The van der Waals surface area contributed by atoms with Gasteiger partial charge in [0, 0.05) is 51.7 Å². The molecule has 1 aromatic heterocycles. The van der Waals surface area contributed by atoms with E-state index in [9.17, 15) is 0 Å². The molecule has 0 amide bonds. The number of aliphatic imine (C=N–C) groups is 1. The molecule has 0 atom stereocenters. The van der Waals surface area contributed by atoms with Gasteiger partial charge in [0.25, 0.3) is 0 Å². The summed E-state index contributed by atoms with van der Waals surface area (Å²) in [5.74, 6) is 2.52. The monoisotopic (exact) mass is 510 g/mol. The second-order valence-corrected chi connectivity index (χ2v) is 8.00. The summed E-state index contributed by atoms with van der Waals surface area (Å²) in [6.45, 7) is 9.39. The summed E-state index contributed by atoms with van der Waals surface area (Å²) in [5, 5.41) is 7.01. The molecule has 2 aromatic rings. The van der Waals surface area contributed by atoms with Crippen molar-refractivity contribution in [1.29, 1.82) is 0 Å². The molecule has 1 aliphatic rings. The standard InChI is InChI=1S/C22H34N6.HI/c1-18(2)16-28-14-11-24-21(28)15-25-22(23-3)26-20-9-12-27(13-10-20)17-19-7-5-4-6-8-19;/h4-8,11,14,18,20H,9-10,12-13,15-17H2,1-3H3,(H2,23,25,26);1H. The van der Waals surface area contributed by atoms with Crippen LogP contribution >= 0.6 is 24.0 Å². The van der Waals surface area contributed by atoms with Crippen molar-refractivity contribution >= 4 is 29.9 Å². The zero-order valence-electron chi connectivity index (χ0n) is 17.8. The lowest BCUT2D eigenvalue weighted by atomic mass is 10.0. The second kappa shape index (κ2) is 12.2. The Labute approximate surface area is 192 Å². The minimum Gasteiger partial charge on any atom is -0.354 e. The van der Waals surface area contributed by atoms with Gasteiger partial charge < -0.3 is 15.2 Å². The number of hydrogen-bond acceptors (Lipinski definition) is 3. The van der Waals surface area contributed by atoms with E-state index in [0.717, 1.165) is 50.8 Å². The van der Waals surface area contributed by atoms with Crippen molar-refractivity contribution in [2.24, 2.45) is 10.9 Å². The molecule has 1 fully saturated rings. The number of imidazole rings is 1. The van der Waals surface area contributed by atoms with Gasteiger partial charge in [0.2, 0.25) is 0 Å². The van der Waals surface area contributed by atoms with Crippen LogP contribution in [0.1, 0.15) is 38.1 Å². The molecule has 0 spiro atoms. The minimum absolute atomic E-state index is 0. The van der Waals surface area contributed by atoms with E-state index in [1.54, 1.807) is 0 Å². The SMILES string of the molecule is CN=C(NCc1nccn1CC(C)C)NC1CCN(Cc2ccccc2)CC1.I. The zero-order valence-corrected chi connectivity index (χ0v) is 20.2. The van der Waals surface area contributed by atoms with Crippen LogP contribution in [0, 0.1) is 5.92 Å². The van der Waals surface area contributed by atoms with Gasteiger partial charge in [-0.3, -0.25) is 9.89 Å². The summed E-state index contributed by atoms with van der Waals surface area (Å²) in [6.07, 6.45) is 6.19. The number of hydrogen-bond donors (Lipinski definition) is 2. The lowest BCUT2D eigenvalue weighted by Crippen LogP contribution is -2.48. The minimum atomic E-state index is 0. The Morgan fingerprint density at radius 2 is 1.93 bits per heavy atom. The number of aromatic nitrogens is 2. The predicted octanol–water partition coefficient (Wildman–Crippen LogP) is 3.49. The van der Waals surface area contributed by atoms with Gasteiger partial charge in [-0.25, -0.2) is 4.98 Å². The third kappa shape index (κ3) is 7.62. The number of nitrogens with zero attached hydrogens (tertiary/aromatic N) is 4. The molecule has 1 saturated heterocycles. The lowest BCUT2D eigenvalue weighted by molar-refractivity contribution is 0.198. The van der Waals surface area contributed by atoms with E-state index in [1.165, 1.54) is 5.56 Å². The highest BCUT2D eigenvalue weighted by Gasteiger charge is 2.20. The van der Waals surface area contributed by atoms with E-state index < -0.39 is 0 Å². The smallest absolute Gasteiger partial charge is 0.191 e. The Hall–Kier alpha value is -1.61. The quantitative estimate of drug-likeness (QED) is 0.340. The molecular formula is C22H35IN6. The fourth-order valence-corrected chi connectivity index (χ4v) is 3.69. The van der Waals surface area contributed by atoms with Crippen LogP contribution in [0.15, 0.2) is 47.7 Å². The average molecular weight is 510 g/mol. The molecule has 3 rings (SSSR count). The molecule has 1 aliphatic heterocycles. The largest absolute Gasteiger partial charge is 0.354 e. The van der Waals surface area contributed by atoms with E-state index >= 15 is 0 Å². The van der Waals surface area contributed by atoms with Gasteiger partial charge in [0.15, 0.2) is 5.96 Å². The van der Waals surface area contributed by atoms with Crippen molar-refractivity contribution in [3.8, 4) is 0 Å². The molecule has 29 heavy (non-hydrogen) atoms. The molecule has 0 radical (unpaired) electrons. The summed E-state index contributed by atoms with van der Waals surface area (Å²) < 4.78 is 2.22. The normalized spacial score (nSPS) is 15.9. The van der Waals surface area contributed by atoms with Crippen LogP contribution < -0.4 is 10.6 Å². The molecule has 160 valence electrons. The fourth-order valence-electron chi connectivity index (χ4n) is 3.69. The van der Waals surface area contributed by atoms with Gasteiger partial charge >= 0.3 is 0 Å². The zero-order chi connectivity index (χ0) is 19.8. The average Bonchev–Trinajstić information content (AvgIpc) is 3.13. The Bertz CT molecular complexity index is 735. The lowest BCUT2D eigenvalue weighted by Gasteiger charge is -2.33. The molecule has 0 aliphatic carbocycles. The van der Waals surface area contributed by atoms with Crippen molar-refractivity contribution in [2.45, 2.75) is 52.4 Å². The first-order valence-electron chi connectivity index (χ1n) is 10.4. The van der Waals surface area contributed by atoms with Crippen molar-refractivity contribution < 1.29 is 0 Å². The Morgan fingerprint density at radius 1 is 1.21 bits per heavy atom. The highest BCUT2D eigenvalue weighted by atomic mass is 127. The third-order valence-electron chi connectivity index (χ3n) is 5.18. The topological polar surface area (TPSA) is 57.5 Å². The molecule has 0 unspecified atom stereocenters. The van der Waals surface area contributed by atoms with E-state index in [4.69, 9.17) is 0 Å². The number of nitrogens with one attached hydrogen (secondary N) is 2. The number of likely N-dealkylation sites (tertiary alicyclic amines) is 1. The van der Waals surface area contributed by atoms with E-state index in [1.807, 2.05) is 13.2 Å². The van der Waals surface area contributed by atoms with Crippen molar-refractivity contribution in [1.82, 2.24) is 25.1 Å². The summed E-state index contributed by atoms with van der Waals surface area (Å²) in [4.78, 5) is 11.4. The van der Waals surface area contributed by atoms with E-state index in [2.05, 4.69) is 80.5 Å². The second-order valence-electron chi connectivity index (χ2n) is 8.00. The van der Waals surface area contributed by atoms with Crippen LogP contribution in [0.5, 0.6) is 0 Å². The van der Waals surface area contributed by atoms with Gasteiger partial charge in [0.1, 0.15) is 5.82 Å². The van der Waals surface area contributed by atoms with Crippen LogP contribution in [0.25, 0.3) is 0 Å². The van der Waals surface area contributed by atoms with Crippen LogP contribution in [0.3, 0.4) is 0 Å². The molecule has 6 nitrogen and oxygen atoms in total. The highest BCUT2D eigenvalue weighted by Crippen LogP contribution is 2.14. The summed E-state index contributed by atoms with van der Waals surface area (Å²) in [7, 11) is 1.83. The first-order chi connectivity index (χ1) is 13.6. The fraction of sp³-hybridized carbons (Fsp3) is 0.545. The molecule has 0 bridgehead atoms. The van der Waals surface area contributed by atoms with Crippen LogP contribution in [-0.4, -0.2) is 46.6 Å². The number of piperidine rings is 1. The van der Waals surface area contributed by atoms with Crippen molar-refractivity contribution in [3.63, 3.8) is 0 Å². The van der Waals surface area contributed by atoms with E-state index in [0.29, 0.717) is 18.5 Å². The van der Waals surface area contributed by atoms with Gasteiger partial charge in [-0.15, -0.1) is 24.0 Å². The number of benzene rings is 1. The molecule has 0 saturated carbocycles. The van der Waals surface area contributed by atoms with E-state index in [-0.39, 0.29) is 24.0 Å². The summed E-state index contributed by atoms with van der Waals surface area (Å²) in [5.41, 5.74) is 1.39. The maximum Gasteiger partial charge on any atom is 0.191 e. The number of guanidine groups is 1. The predicted molar refractivity (Wildman–Crippen MR) is 131 cm³/mol. The molecule has 7 heteroatoms. The Kier molecular flexibility index (Phi) is 9.93. The van der Waals surface area contributed by atoms with Gasteiger partial charge in [-0.2, -0.15) is 0 Å². The van der Waals surface area contributed by atoms with Gasteiger partial charge in [-0.1, -0.05) is 44.2 Å². The molecule has 2 N–H and O–H groups in total. The highest BCUT2D eigenvalue weighted by molar-refractivity contribution is 14.0. The summed E-state index contributed by atoms with van der Waals surface area (Å²) >= 11 is 0. The molecule has 1 aromatic carbocycles. The molecule has 2 heterocycles. The Balaban J connectivity index is 0.00000300. The Morgan fingerprint density at radius 3 is 2.59 bits per heavy atom.